The largest absolute Gasteiger partial charge is 0.465 e. The number of cyclic esters (lactones) is 1. The smallest absolute Gasteiger partial charge is 0.410 e. The Labute approximate surface area is 142 Å². The molecule has 0 unspecified atom stereocenters. The van der Waals surface area contributed by atoms with Crippen LogP contribution < -0.4 is 0 Å². The predicted molar refractivity (Wildman–Crippen MR) is 89.2 cm³/mol. The highest BCUT2D eigenvalue weighted by molar-refractivity contribution is 5.91. The summed E-state index contributed by atoms with van der Waals surface area (Å²) in [6.45, 7) is 6.68. The lowest BCUT2D eigenvalue weighted by molar-refractivity contribution is -0.127. The highest BCUT2D eigenvalue weighted by Crippen LogP contribution is 2.28. The van der Waals surface area contributed by atoms with E-state index in [0.29, 0.717) is 32.0 Å². The third-order valence-corrected chi connectivity index (χ3v) is 4.57. The molecule has 0 spiro atoms. The summed E-state index contributed by atoms with van der Waals surface area (Å²) in [5.41, 5.74) is -0.0212. The number of piperidine rings is 1. The van der Waals surface area contributed by atoms with Gasteiger partial charge in [-0.15, -0.1) is 0 Å². The zero-order chi connectivity index (χ0) is 17.2. The van der Waals surface area contributed by atoms with Crippen molar-refractivity contribution < 1.29 is 18.7 Å². The van der Waals surface area contributed by atoms with Gasteiger partial charge in [-0.3, -0.25) is 4.79 Å². The van der Waals surface area contributed by atoms with Gasteiger partial charge in [-0.1, -0.05) is 13.8 Å². The Morgan fingerprint density at radius 3 is 2.75 bits per heavy atom. The number of carbonyl (C=O) groups excluding carboxylic acids is 2. The first-order valence-corrected chi connectivity index (χ1v) is 8.38. The molecule has 2 saturated heterocycles. The fraction of sp³-hybridized carbons (Fsp3) is 0.556. The van der Waals surface area contributed by atoms with E-state index in [-0.39, 0.29) is 23.5 Å². The van der Waals surface area contributed by atoms with Crippen molar-refractivity contribution in [3.63, 3.8) is 0 Å². The summed E-state index contributed by atoms with van der Waals surface area (Å²) < 4.78 is 10.5. The van der Waals surface area contributed by atoms with Gasteiger partial charge in [-0.2, -0.15) is 0 Å². The van der Waals surface area contributed by atoms with Gasteiger partial charge in [-0.05, 0) is 31.1 Å². The molecule has 6 heteroatoms. The lowest BCUT2D eigenvalue weighted by Crippen LogP contribution is -2.55. The minimum Gasteiger partial charge on any atom is -0.465 e. The van der Waals surface area contributed by atoms with E-state index in [1.54, 1.807) is 24.5 Å². The van der Waals surface area contributed by atoms with Crippen LogP contribution in [-0.2, 0) is 9.53 Å². The second kappa shape index (κ2) is 6.71. The lowest BCUT2D eigenvalue weighted by Gasteiger charge is -2.44. The Balaban J connectivity index is 1.53. The van der Waals surface area contributed by atoms with Crippen molar-refractivity contribution >= 4 is 18.1 Å². The van der Waals surface area contributed by atoms with Gasteiger partial charge in [0.1, 0.15) is 5.76 Å². The zero-order valence-corrected chi connectivity index (χ0v) is 14.2. The molecule has 2 fully saturated rings. The molecule has 1 aromatic rings. The normalized spacial score (nSPS) is 22.0. The molecule has 0 bridgehead atoms. The van der Waals surface area contributed by atoms with Crippen molar-refractivity contribution in [2.24, 2.45) is 5.41 Å². The van der Waals surface area contributed by atoms with Gasteiger partial charge in [0.05, 0.1) is 12.9 Å². The minimum absolute atomic E-state index is 0.0212. The third-order valence-electron chi connectivity index (χ3n) is 4.57. The number of carbonyl (C=O) groups is 2. The van der Waals surface area contributed by atoms with Gasteiger partial charge >= 0.3 is 6.09 Å². The first kappa shape index (κ1) is 16.6. The van der Waals surface area contributed by atoms with Crippen molar-refractivity contribution in [2.75, 3.05) is 26.2 Å². The fourth-order valence-corrected chi connectivity index (χ4v) is 3.23. The van der Waals surface area contributed by atoms with Gasteiger partial charge in [0.25, 0.3) is 0 Å². The first-order chi connectivity index (χ1) is 11.4. The third kappa shape index (κ3) is 3.80. The molecular formula is C18H24N2O4. The van der Waals surface area contributed by atoms with E-state index in [1.165, 1.54) is 6.08 Å². The standard InChI is InChI=1S/C18H24N2O4/c1-18(2)12-20(17(22)24-13-18)14-7-9-19(10-8-14)16(21)6-5-15-4-3-11-23-15/h3-6,11,14H,7-10,12-13H2,1-2H3/b6-5+. The van der Waals surface area contributed by atoms with Crippen LogP contribution >= 0.6 is 0 Å². The van der Waals surface area contributed by atoms with Crippen LogP contribution in [-0.4, -0.2) is 54.1 Å². The maximum atomic E-state index is 12.2. The highest BCUT2D eigenvalue weighted by Gasteiger charge is 2.38. The van der Waals surface area contributed by atoms with Crippen LogP contribution in [0.1, 0.15) is 32.4 Å². The van der Waals surface area contributed by atoms with Crippen molar-refractivity contribution in [2.45, 2.75) is 32.7 Å². The summed E-state index contributed by atoms with van der Waals surface area (Å²) in [5, 5.41) is 0. The lowest BCUT2D eigenvalue weighted by atomic mass is 9.91. The van der Waals surface area contributed by atoms with Crippen LogP contribution in [0.25, 0.3) is 6.08 Å². The second-order valence-electron chi connectivity index (χ2n) is 7.25. The van der Waals surface area contributed by atoms with Crippen LogP contribution in [0.3, 0.4) is 0 Å². The molecular weight excluding hydrogens is 308 g/mol. The van der Waals surface area contributed by atoms with E-state index in [1.807, 2.05) is 9.80 Å². The predicted octanol–water partition coefficient (Wildman–Crippen LogP) is 2.76. The average molecular weight is 332 g/mol. The van der Waals surface area contributed by atoms with Crippen LogP contribution in [0.4, 0.5) is 4.79 Å². The van der Waals surface area contributed by atoms with Crippen LogP contribution in [0.15, 0.2) is 28.9 Å². The zero-order valence-electron chi connectivity index (χ0n) is 14.2. The Bertz CT molecular complexity index is 613. The number of likely N-dealkylation sites (tertiary alicyclic amines) is 1. The summed E-state index contributed by atoms with van der Waals surface area (Å²) in [6, 6.07) is 3.74. The molecule has 130 valence electrons. The Kier molecular flexibility index (Phi) is 4.64. The minimum atomic E-state index is -0.225. The van der Waals surface area contributed by atoms with Crippen molar-refractivity contribution in [3.05, 3.63) is 30.2 Å². The molecule has 2 amide bonds. The molecule has 0 atom stereocenters. The molecule has 0 N–H and O–H groups in total. The quantitative estimate of drug-likeness (QED) is 0.799. The molecule has 0 saturated carbocycles. The molecule has 6 nitrogen and oxygen atoms in total. The number of amides is 2. The molecule has 3 heterocycles. The maximum Gasteiger partial charge on any atom is 0.410 e. The molecule has 3 rings (SSSR count). The van der Waals surface area contributed by atoms with E-state index in [4.69, 9.17) is 9.15 Å². The second-order valence-corrected chi connectivity index (χ2v) is 7.25. The van der Waals surface area contributed by atoms with Gasteiger partial charge in [-0.25, -0.2) is 4.79 Å². The van der Waals surface area contributed by atoms with Crippen molar-refractivity contribution in [1.29, 1.82) is 0 Å². The van der Waals surface area contributed by atoms with E-state index < -0.39 is 0 Å². The van der Waals surface area contributed by atoms with Crippen molar-refractivity contribution in [3.8, 4) is 0 Å². The Morgan fingerprint density at radius 2 is 2.08 bits per heavy atom. The molecule has 0 aliphatic carbocycles. The number of furan rings is 1. The van der Waals surface area contributed by atoms with E-state index in [0.717, 1.165) is 12.8 Å². The molecule has 2 aliphatic rings. The first-order valence-electron chi connectivity index (χ1n) is 8.38. The number of hydrogen-bond acceptors (Lipinski definition) is 4. The monoisotopic (exact) mass is 332 g/mol. The number of ether oxygens (including phenoxy) is 1. The molecule has 0 radical (unpaired) electrons. The van der Waals surface area contributed by atoms with Gasteiger partial charge < -0.3 is 19.0 Å². The van der Waals surface area contributed by atoms with Gasteiger partial charge in [0.15, 0.2) is 0 Å². The molecule has 1 aromatic heterocycles. The van der Waals surface area contributed by atoms with Crippen LogP contribution in [0.2, 0.25) is 0 Å². The Hall–Kier alpha value is -2.24. The Morgan fingerprint density at radius 1 is 1.33 bits per heavy atom. The van der Waals surface area contributed by atoms with E-state index in [2.05, 4.69) is 13.8 Å². The van der Waals surface area contributed by atoms with Gasteiger partial charge in [0.2, 0.25) is 5.91 Å². The number of hydrogen-bond donors (Lipinski definition) is 0. The summed E-state index contributed by atoms with van der Waals surface area (Å²) in [7, 11) is 0. The highest BCUT2D eigenvalue weighted by atomic mass is 16.6. The summed E-state index contributed by atoms with van der Waals surface area (Å²) >= 11 is 0. The molecule has 24 heavy (non-hydrogen) atoms. The number of nitrogens with zero attached hydrogens (tertiary/aromatic N) is 2. The van der Waals surface area contributed by atoms with Gasteiger partial charge in [0, 0.05) is 37.2 Å². The van der Waals surface area contributed by atoms with Crippen LogP contribution in [0, 0.1) is 5.41 Å². The SMILES string of the molecule is CC1(C)COC(=O)N(C2CCN(C(=O)/C=C/c3ccco3)CC2)C1. The van der Waals surface area contributed by atoms with E-state index in [9.17, 15) is 9.59 Å². The molecule has 2 aliphatic heterocycles. The molecule has 0 aromatic carbocycles. The topological polar surface area (TPSA) is 63.0 Å². The fourth-order valence-electron chi connectivity index (χ4n) is 3.23. The summed E-state index contributed by atoms with van der Waals surface area (Å²) in [4.78, 5) is 27.9. The van der Waals surface area contributed by atoms with Crippen molar-refractivity contribution in [1.82, 2.24) is 9.80 Å². The average Bonchev–Trinajstić information content (AvgIpc) is 3.08. The summed E-state index contributed by atoms with van der Waals surface area (Å²) in [5.74, 6) is 0.642. The number of rotatable bonds is 3. The van der Waals surface area contributed by atoms with Crippen LogP contribution in [0.5, 0.6) is 0 Å². The summed E-state index contributed by atoms with van der Waals surface area (Å²) in [6.07, 6.45) is 6.14. The maximum absolute atomic E-state index is 12.2. The van der Waals surface area contributed by atoms with E-state index >= 15 is 0 Å².